The lowest BCUT2D eigenvalue weighted by atomic mass is 10.0. The lowest BCUT2D eigenvalue weighted by Crippen LogP contribution is -2.47. The van der Waals surface area contributed by atoms with E-state index in [1.807, 2.05) is 6.07 Å². The van der Waals surface area contributed by atoms with Gasteiger partial charge in [0.2, 0.25) is 0 Å². The maximum Gasteiger partial charge on any atom is 0.389 e. The molecule has 3 rings (SSSR count). The van der Waals surface area contributed by atoms with Crippen LogP contribution >= 0.6 is 0 Å². The lowest BCUT2D eigenvalue weighted by Gasteiger charge is -2.40. The summed E-state index contributed by atoms with van der Waals surface area (Å²) in [5, 5.41) is 14.7. The first kappa shape index (κ1) is 15.6. The van der Waals surface area contributed by atoms with Crippen LogP contribution < -0.4 is 0 Å². The second-order valence-electron chi connectivity index (χ2n) is 5.92. The predicted octanol–water partition coefficient (Wildman–Crippen LogP) is 1.78. The normalized spacial score (nSPS) is 19.8. The third kappa shape index (κ3) is 3.75. The summed E-state index contributed by atoms with van der Waals surface area (Å²) in [7, 11) is 2.14. The molecule has 1 aromatic carbocycles. The van der Waals surface area contributed by atoms with Crippen LogP contribution in [0.1, 0.15) is 11.6 Å². The Bertz CT molecular complexity index is 658. The van der Waals surface area contributed by atoms with Crippen LogP contribution in [-0.2, 0) is 6.54 Å². The number of rotatable bonds is 5. The molecule has 0 N–H and O–H groups in total. The smallest absolute Gasteiger partial charge is 0.358 e. The zero-order chi connectivity index (χ0) is 16.2. The van der Waals surface area contributed by atoms with Gasteiger partial charge in [-0.1, -0.05) is 30.3 Å². The van der Waals surface area contributed by atoms with E-state index in [-0.39, 0.29) is 5.82 Å². The standard InChI is InChI=1S/C16H21N5O2/c1-18-9-10-19(15(13-18)14-5-3-2-4-6-14)11-12-20-8-7-16(17-20)21(22)23/h2-8,15H,9-13H2,1H3/t15-/m0/s1. The van der Waals surface area contributed by atoms with Gasteiger partial charge in [-0.25, -0.2) is 0 Å². The Balaban J connectivity index is 1.67. The molecule has 1 fully saturated rings. The molecule has 23 heavy (non-hydrogen) atoms. The third-order valence-corrected chi connectivity index (χ3v) is 4.31. The molecule has 1 aromatic heterocycles. The number of aromatic nitrogens is 2. The van der Waals surface area contributed by atoms with E-state index in [1.54, 1.807) is 10.9 Å². The molecule has 7 heteroatoms. The van der Waals surface area contributed by atoms with Gasteiger partial charge in [-0.15, -0.1) is 0 Å². The molecule has 1 atom stereocenters. The first-order valence-corrected chi connectivity index (χ1v) is 7.79. The highest BCUT2D eigenvalue weighted by Gasteiger charge is 2.26. The molecule has 7 nitrogen and oxygen atoms in total. The quantitative estimate of drug-likeness (QED) is 0.621. The van der Waals surface area contributed by atoms with Gasteiger partial charge in [0, 0.05) is 32.2 Å². The van der Waals surface area contributed by atoms with Gasteiger partial charge in [-0.3, -0.25) is 4.90 Å². The molecule has 122 valence electrons. The van der Waals surface area contributed by atoms with E-state index >= 15 is 0 Å². The second kappa shape index (κ2) is 6.89. The van der Waals surface area contributed by atoms with Crippen LogP contribution in [0.2, 0.25) is 0 Å². The fraction of sp³-hybridized carbons (Fsp3) is 0.438. The van der Waals surface area contributed by atoms with Crippen LogP contribution in [0.25, 0.3) is 0 Å². The number of benzene rings is 1. The zero-order valence-corrected chi connectivity index (χ0v) is 13.2. The fourth-order valence-electron chi connectivity index (χ4n) is 3.02. The number of nitrogens with zero attached hydrogens (tertiary/aromatic N) is 5. The van der Waals surface area contributed by atoms with Gasteiger partial charge in [-0.05, 0) is 17.5 Å². The minimum Gasteiger partial charge on any atom is -0.358 e. The summed E-state index contributed by atoms with van der Waals surface area (Å²) in [4.78, 5) is 15.0. The van der Waals surface area contributed by atoms with Crippen LogP contribution in [0.5, 0.6) is 0 Å². The molecule has 1 aliphatic rings. The van der Waals surface area contributed by atoms with E-state index in [1.165, 1.54) is 11.6 Å². The molecule has 2 heterocycles. The zero-order valence-electron chi connectivity index (χ0n) is 13.2. The van der Waals surface area contributed by atoms with Crippen molar-refractivity contribution >= 4 is 5.82 Å². The molecule has 0 bridgehead atoms. The Morgan fingerprint density at radius 2 is 2.00 bits per heavy atom. The molecule has 0 aliphatic carbocycles. The highest BCUT2D eigenvalue weighted by molar-refractivity contribution is 5.20. The number of hydrogen-bond donors (Lipinski definition) is 0. The first-order valence-electron chi connectivity index (χ1n) is 7.79. The number of hydrogen-bond acceptors (Lipinski definition) is 5. The highest BCUT2D eigenvalue weighted by Crippen LogP contribution is 2.24. The largest absolute Gasteiger partial charge is 0.389 e. The predicted molar refractivity (Wildman–Crippen MR) is 87.1 cm³/mol. The summed E-state index contributed by atoms with van der Waals surface area (Å²) < 4.78 is 1.65. The van der Waals surface area contributed by atoms with Crippen molar-refractivity contribution in [1.29, 1.82) is 0 Å². The maximum atomic E-state index is 10.7. The van der Waals surface area contributed by atoms with Crippen molar-refractivity contribution in [2.45, 2.75) is 12.6 Å². The van der Waals surface area contributed by atoms with Crippen molar-refractivity contribution in [3.8, 4) is 0 Å². The van der Waals surface area contributed by atoms with Crippen molar-refractivity contribution in [3.63, 3.8) is 0 Å². The monoisotopic (exact) mass is 315 g/mol. The Hall–Kier alpha value is -2.25. The molecule has 0 spiro atoms. The van der Waals surface area contributed by atoms with E-state index in [9.17, 15) is 10.1 Å². The highest BCUT2D eigenvalue weighted by atomic mass is 16.6. The molecular formula is C16H21N5O2. The summed E-state index contributed by atoms with van der Waals surface area (Å²) >= 11 is 0. The minimum absolute atomic E-state index is 0.0945. The fourth-order valence-corrected chi connectivity index (χ4v) is 3.02. The maximum absolute atomic E-state index is 10.7. The molecule has 1 aliphatic heterocycles. The Kier molecular flexibility index (Phi) is 4.68. The van der Waals surface area contributed by atoms with E-state index in [0.29, 0.717) is 12.6 Å². The van der Waals surface area contributed by atoms with E-state index in [2.05, 4.69) is 46.2 Å². The third-order valence-electron chi connectivity index (χ3n) is 4.31. The Morgan fingerprint density at radius 1 is 1.22 bits per heavy atom. The second-order valence-corrected chi connectivity index (χ2v) is 5.92. The van der Waals surface area contributed by atoms with Crippen molar-refractivity contribution in [1.82, 2.24) is 19.6 Å². The van der Waals surface area contributed by atoms with Crippen LogP contribution in [0.4, 0.5) is 5.82 Å². The van der Waals surface area contributed by atoms with Gasteiger partial charge in [0.1, 0.15) is 0 Å². The van der Waals surface area contributed by atoms with Crippen molar-refractivity contribution in [3.05, 3.63) is 58.3 Å². The van der Waals surface area contributed by atoms with Gasteiger partial charge in [0.15, 0.2) is 0 Å². The molecule has 1 saturated heterocycles. The first-order chi connectivity index (χ1) is 11.1. The lowest BCUT2D eigenvalue weighted by molar-refractivity contribution is -0.389. The SMILES string of the molecule is CN1CCN(CCn2ccc([N+](=O)[O-])n2)[C@H](c2ccccc2)C1. The average Bonchev–Trinajstić information content (AvgIpc) is 3.04. The molecule has 0 radical (unpaired) electrons. The van der Waals surface area contributed by atoms with Gasteiger partial charge < -0.3 is 15.0 Å². The van der Waals surface area contributed by atoms with Gasteiger partial charge in [0.25, 0.3) is 0 Å². The molecule has 0 unspecified atom stereocenters. The molecule has 0 saturated carbocycles. The topological polar surface area (TPSA) is 67.4 Å². The number of likely N-dealkylation sites (N-methyl/N-ethyl adjacent to an activating group) is 1. The van der Waals surface area contributed by atoms with Crippen LogP contribution in [0.15, 0.2) is 42.6 Å². The summed E-state index contributed by atoms with van der Waals surface area (Å²) in [6.07, 6.45) is 1.67. The van der Waals surface area contributed by atoms with Gasteiger partial charge >= 0.3 is 5.82 Å². The van der Waals surface area contributed by atoms with Crippen LogP contribution in [0, 0.1) is 10.1 Å². The van der Waals surface area contributed by atoms with Crippen LogP contribution in [0.3, 0.4) is 0 Å². The Labute approximate surface area is 135 Å². The van der Waals surface area contributed by atoms with Crippen molar-refractivity contribution in [2.24, 2.45) is 0 Å². The molecule has 0 amide bonds. The Morgan fingerprint density at radius 3 is 2.70 bits per heavy atom. The molecule has 2 aromatic rings. The minimum atomic E-state index is -0.459. The number of piperazine rings is 1. The van der Waals surface area contributed by atoms with E-state index in [0.717, 1.165) is 26.2 Å². The summed E-state index contributed by atoms with van der Waals surface area (Å²) in [6.45, 7) is 4.48. The summed E-state index contributed by atoms with van der Waals surface area (Å²) in [5.41, 5.74) is 1.31. The van der Waals surface area contributed by atoms with E-state index in [4.69, 9.17) is 0 Å². The molecular weight excluding hydrogens is 294 g/mol. The summed E-state index contributed by atoms with van der Waals surface area (Å²) in [5.74, 6) is -0.0945. The van der Waals surface area contributed by atoms with Gasteiger partial charge in [0.05, 0.1) is 23.9 Å². The van der Waals surface area contributed by atoms with Crippen molar-refractivity contribution < 1.29 is 4.92 Å². The van der Waals surface area contributed by atoms with E-state index < -0.39 is 4.92 Å². The number of nitro groups is 1. The average molecular weight is 315 g/mol. The summed E-state index contributed by atoms with van der Waals surface area (Å²) in [6, 6.07) is 12.3. The van der Waals surface area contributed by atoms with Crippen molar-refractivity contribution in [2.75, 3.05) is 33.2 Å². The van der Waals surface area contributed by atoms with Gasteiger partial charge in [-0.2, -0.15) is 4.68 Å². The van der Waals surface area contributed by atoms with Crippen LogP contribution in [-0.4, -0.2) is 57.7 Å².